The fourth-order valence-electron chi connectivity index (χ4n) is 2.34. The molecule has 0 aliphatic carbocycles. The molecule has 0 spiro atoms. The molecule has 0 bridgehead atoms. The third kappa shape index (κ3) is 5.98. The van der Waals surface area contributed by atoms with Gasteiger partial charge in [-0.15, -0.1) is 0 Å². The fraction of sp³-hybridized carbons (Fsp3) is 0.222. The summed E-state index contributed by atoms with van der Waals surface area (Å²) >= 11 is 0. The van der Waals surface area contributed by atoms with Crippen LogP contribution >= 0.6 is 0 Å². The van der Waals surface area contributed by atoms with E-state index >= 15 is 0 Å². The Morgan fingerprint density at radius 2 is 1.62 bits per heavy atom. The van der Waals surface area contributed by atoms with E-state index in [9.17, 15) is 18.0 Å². The summed E-state index contributed by atoms with van der Waals surface area (Å²) in [6, 6.07) is 14.8. The molecular weight excluding hydrogens is 354 g/mol. The normalized spacial score (nSPS) is 12.2. The molecule has 0 fully saturated rings. The molecule has 0 aliphatic heterocycles. The highest BCUT2D eigenvalue weighted by atomic mass is 32.2. The molecule has 0 saturated carbocycles. The number of nitrogens with two attached hydrogens (primary N) is 1. The van der Waals surface area contributed by atoms with Gasteiger partial charge in [0.15, 0.2) is 0 Å². The molecule has 8 heteroatoms. The Morgan fingerprint density at radius 1 is 1.00 bits per heavy atom. The van der Waals surface area contributed by atoms with Gasteiger partial charge in [0.05, 0.1) is 23.9 Å². The maximum atomic E-state index is 12.0. The average molecular weight is 375 g/mol. The largest absolute Gasteiger partial charge is 0.348 e. The maximum absolute atomic E-state index is 12.0. The highest BCUT2D eigenvalue weighted by Gasteiger charge is 2.13. The minimum atomic E-state index is -3.75. The lowest BCUT2D eigenvalue weighted by molar-refractivity contribution is -0.126. The molecule has 2 amide bonds. The Balaban J connectivity index is 1.82. The molecule has 0 aliphatic rings. The summed E-state index contributed by atoms with van der Waals surface area (Å²) in [6.07, 6.45) is 0.207. The highest BCUT2D eigenvalue weighted by Crippen LogP contribution is 2.15. The van der Waals surface area contributed by atoms with Crippen molar-refractivity contribution in [3.63, 3.8) is 0 Å². The van der Waals surface area contributed by atoms with Crippen molar-refractivity contribution < 1.29 is 18.0 Å². The Bertz CT molecular complexity index is 865. The summed E-state index contributed by atoms with van der Waals surface area (Å²) in [6.45, 7) is 1.63. The third-order valence-corrected chi connectivity index (χ3v) is 4.67. The predicted molar refractivity (Wildman–Crippen MR) is 97.5 cm³/mol. The first-order chi connectivity index (χ1) is 12.3. The number of rotatable bonds is 7. The first-order valence-corrected chi connectivity index (χ1v) is 9.53. The molecule has 2 aromatic rings. The van der Waals surface area contributed by atoms with Crippen LogP contribution in [0.2, 0.25) is 0 Å². The molecule has 0 radical (unpaired) electrons. The number of sulfonamides is 1. The van der Waals surface area contributed by atoms with Crippen molar-refractivity contribution in [2.75, 3.05) is 6.54 Å². The molecule has 4 N–H and O–H groups in total. The van der Waals surface area contributed by atoms with Gasteiger partial charge in [-0.1, -0.05) is 42.5 Å². The Hall–Kier alpha value is -2.71. The quantitative estimate of drug-likeness (QED) is 0.665. The summed E-state index contributed by atoms with van der Waals surface area (Å²) < 4.78 is 22.5. The van der Waals surface area contributed by atoms with Crippen LogP contribution in [0.15, 0.2) is 59.5 Å². The summed E-state index contributed by atoms with van der Waals surface area (Å²) in [4.78, 5) is 23.8. The molecule has 0 heterocycles. The molecule has 138 valence electrons. The summed E-state index contributed by atoms with van der Waals surface area (Å²) in [5, 5.41) is 10.4. The lowest BCUT2D eigenvalue weighted by Crippen LogP contribution is -2.38. The molecule has 2 rings (SSSR count). The Labute approximate surface area is 152 Å². The monoisotopic (exact) mass is 375 g/mol. The zero-order chi connectivity index (χ0) is 19.2. The number of benzene rings is 2. The van der Waals surface area contributed by atoms with Gasteiger partial charge in [0, 0.05) is 0 Å². The number of carbonyl (C=O) groups excluding carboxylic acids is 2. The second-order valence-electron chi connectivity index (χ2n) is 5.84. The van der Waals surface area contributed by atoms with Crippen LogP contribution in [0.4, 0.5) is 0 Å². The van der Waals surface area contributed by atoms with E-state index in [1.807, 2.05) is 30.3 Å². The van der Waals surface area contributed by atoms with Crippen molar-refractivity contribution in [3.8, 4) is 0 Å². The van der Waals surface area contributed by atoms with E-state index < -0.39 is 10.0 Å². The van der Waals surface area contributed by atoms with Crippen molar-refractivity contribution in [1.29, 1.82) is 0 Å². The SMILES string of the molecule is CC(NC(=O)CNC(=O)Cc1ccccc1)c1ccc(S(N)(=O)=O)cc1. The van der Waals surface area contributed by atoms with Crippen LogP contribution in [0.5, 0.6) is 0 Å². The van der Waals surface area contributed by atoms with Gasteiger partial charge >= 0.3 is 0 Å². The van der Waals surface area contributed by atoms with Crippen molar-refractivity contribution >= 4 is 21.8 Å². The summed E-state index contributed by atoms with van der Waals surface area (Å²) in [7, 11) is -3.75. The van der Waals surface area contributed by atoms with Gasteiger partial charge in [-0.2, -0.15) is 0 Å². The molecule has 26 heavy (non-hydrogen) atoms. The average Bonchev–Trinajstić information content (AvgIpc) is 2.60. The van der Waals surface area contributed by atoms with Gasteiger partial charge in [0.25, 0.3) is 0 Å². The lowest BCUT2D eigenvalue weighted by Gasteiger charge is -2.15. The number of amides is 2. The van der Waals surface area contributed by atoms with Crippen molar-refractivity contribution in [2.24, 2.45) is 5.14 Å². The number of hydrogen-bond acceptors (Lipinski definition) is 4. The van der Waals surface area contributed by atoms with Crippen LogP contribution in [0.3, 0.4) is 0 Å². The zero-order valence-corrected chi connectivity index (χ0v) is 15.1. The fourth-order valence-corrected chi connectivity index (χ4v) is 2.86. The zero-order valence-electron chi connectivity index (χ0n) is 14.3. The first-order valence-electron chi connectivity index (χ1n) is 7.98. The van der Waals surface area contributed by atoms with Crippen LogP contribution < -0.4 is 15.8 Å². The molecule has 7 nitrogen and oxygen atoms in total. The van der Waals surface area contributed by atoms with Gasteiger partial charge in [0.1, 0.15) is 0 Å². The van der Waals surface area contributed by atoms with Gasteiger partial charge < -0.3 is 10.6 Å². The second-order valence-corrected chi connectivity index (χ2v) is 7.40. The molecular formula is C18H21N3O4S. The van der Waals surface area contributed by atoms with E-state index in [1.54, 1.807) is 19.1 Å². The van der Waals surface area contributed by atoms with E-state index in [4.69, 9.17) is 5.14 Å². The van der Waals surface area contributed by atoms with Crippen LogP contribution in [-0.2, 0) is 26.0 Å². The maximum Gasteiger partial charge on any atom is 0.239 e. The van der Waals surface area contributed by atoms with Crippen molar-refractivity contribution in [1.82, 2.24) is 10.6 Å². The Morgan fingerprint density at radius 3 is 2.19 bits per heavy atom. The van der Waals surface area contributed by atoms with Crippen LogP contribution in [0.1, 0.15) is 24.1 Å². The molecule has 0 aromatic heterocycles. The van der Waals surface area contributed by atoms with Crippen molar-refractivity contribution in [3.05, 3.63) is 65.7 Å². The number of nitrogens with one attached hydrogen (secondary N) is 2. The number of hydrogen-bond donors (Lipinski definition) is 3. The predicted octanol–water partition coefficient (Wildman–Crippen LogP) is 0.870. The molecule has 0 saturated heterocycles. The lowest BCUT2D eigenvalue weighted by atomic mass is 10.1. The van der Waals surface area contributed by atoms with E-state index in [-0.39, 0.29) is 35.7 Å². The van der Waals surface area contributed by atoms with Crippen LogP contribution in [0, 0.1) is 0 Å². The van der Waals surface area contributed by atoms with E-state index in [0.29, 0.717) is 0 Å². The van der Waals surface area contributed by atoms with E-state index in [1.165, 1.54) is 12.1 Å². The second kappa shape index (κ2) is 8.59. The molecule has 1 atom stereocenters. The van der Waals surface area contributed by atoms with Gasteiger partial charge in [-0.25, -0.2) is 13.6 Å². The van der Waals surface area contributed by atoms with E-state index in [2.05, 4.69) is 10.6 Å². The highest BCUT2D eigenvalue weighted by molar-refractivity contribution is 7.89. The summed E-state index contributed by atoms with van der Waals surface area (Å²) in [5.74, 6) is -0.578. The number of primary sulfonamides is 1. The molecule has 1 unspecified atom stereocenters. The smallest absolute Gasteiger partial charge is 0.239 e. The van der Waals surface area contributed by atoms with Crippen LogP contribution in [0.25, 0.3) is 0 Å². The molecule has 2 aromatic carbocycles. The van der Waals surface area contributed by atoms with E-state index in [0.717, 1.165) is 11.1 Å². The minimum Gasteiger partial charge on any atom is -0.348 e. The van der Waals surface area contributed by atoms with Gasteiger partial charge in [-0.3, -0.25) is 9.59 Å². The number of carbonyl (C=O) groups is 2. The first kappa shape index (κ1) is 19.6. The minimum absolute atomic E-state index is 0.00736. The van der Waals surface area contributed by atoms with Gasteiger partial charge in [-0.05, 0) is 30.2 Å². The Kier molecular flexibility index (Phi) is 6.48. The van der Waals surface area contributed by atoms with Gasteiger partial charge in [0.2, 0.25) is 21.8 Å². The topological polar surface area (TPSA) is 118 Å². The third-order valence-electron chi connectivity index (χ3n) is 3.74. The standard InChI is InChI=1S/C18H21N3O4S/c1-13(15-7-9-16(10-8-15)26(19,24)25)21-18(23)12-20-17(22)11-14-5-3-2-4-6-14/h2-10,13H,11-12H2,1H3,(H,20,22)(H,21,23)(H2,19,24,25). The van der Waals surface area contributed by atoms with Crippen LogP contribution in [-0.4, -0.2) is 26.8 Å². The van der Waals surface area contributed by atoms with Crippen molar-refractivity contribution in [2.45, 2.75) is 24.3 Å². The summed E-state index contributed by atoms with van der Waals surface area (Å²) in [5.41, 5.74) is 1.59.